The largest absolute Gasteiger partial charge is 0.494 e. The highest BCUT2D eigenvalue weighted by atomic mass is 16.5. The van der Waals surface area contributed by atoms with Gasteiger partial charge in [0.2, 0.25) is 0 Å². The zero-order chi connectivity index (χ0) is 21.0. The van der Waals surface area contributed by atoms with Gasteiger partial charge in [0.05, 0.1) is 6.61 Å². The van der Waals surface area contributed by atoms with Gasteiger partial charge in [-0.2, -0.15) is 0 Å². The monoisotopic (exact) mass is 408 g/mol. The molecule has 1 saturated carbocycles. The van der Waals surface area contributed by atoms with Gasteiger partial charge in [-0.1, -0.05) is 58.8 Å². The van der Waals surface area contributed by atoms with Crippen LogP contribution in [0.2, 0.25) is 0 Å². The highest BCUT2D eigenvalue weighted by Gasteiger charge is 2.22. The smallest absolute Gasteiger partial charge is 0.159 e. The first-order chi connectivity index (χ1) is 14.8. The Morgan fingerprint density at radius 3 is 2.13 bits per heavy atom. The van der Waals surface area contributed by atoms with Gasteiger partial charge in [-0.05, 0) is 73.8 Å². The molecule has 1 aliphatic carbocycles. The number of hydrogen-bond donors (Lipinski definition) is 0. The van der Waals surface area contributed by atoms with Crippen LogP contribution in [0.3, 0.4) is 0 Å². The lowest BCUT2D eigenvalue weighted by Crippen LogP contribution is -2.13. The van der Waals surface area contributed by atoms with Gasteiger partial charge in [-0.15, -0.1) is 0 Å². The highest BCUT2D eigenvalue weighted by Crippen LogP contribution is 2.37. The number of ether oxygens (including phenoxy) is 1. The number of unbranched alkanes of at least 4 members (excludes halogenated alkanes) is 5. The summed E-state index contributed by atoms with van der Waals surface area (Å²) in [6.07, 6.45) is 19.9. The summed E-state index contributed by atoms with van der Waals surface area (Å²) in [5.41, 5.74) is 2.37. The molecule has 0 radical (unpaired) electrons. The van der Waals surface area contributed by atoms with E-state index >= 15 is 0 Å². The maximum Gasteiger partial charge on any atom is 0.159 e. The van der Waals surface area contributed by atoms with Crippen LogP contribution in [-0.2, 0) is 0 Å². The van der Waals surface area contributed by atoms with E-state index in [1.54, 1.807) is 0 Å². The van der Waals surface area contributed by atoms with Crippen molar-refractivity contribution in [1.82, 2.24) is 9.97 Å². The second-order valence-corrected chi connectivity index (χ2v) is 8.99. The second kappa shape index (κ2) is 12.7. The molecule has 164 valence electrons. The van der Waals surface area contributed by atoms with Crippen molar-refractivity contribution in [2.24, 2.45) is 5.92 Å². The number of rotatable bonds is 12. The van der Waals surface area contributed by atoms with Crippen molar-refractivity contribution in [2.45, 2.75) is 96.8 Å². The average molecular weight is 409 g/mol. The number of benzene rings is 1. The summed E-state index contributed by atoms with van der Waals surface area (Å²) in [4.78, 5) is 9.35. The number of nitrogens with zero attached hydrogens (tertiary/aromatic N) is 2. The summed E-state index contributed by atoms with van der Waals surface area (Å²) in [6, 6.07) is 8.22. The third-order valence-electron chi connectivity index (χ3n) is 6.59. The Balaban J connectivity index is 1.45. The van der Waals surface area contributed by atoms with Gasteiger partial charge < -0.3 is 4.74 Å². The summed E-state index contributed by atoms with van der Waals surface area (Å²) in [5, 5.41) is 0. The molecule has 3 heteroatoms. The molecule has 1 heterocycles. The van der Waals surface area contributed by atoms with Crippen molar-refractivity contribution in [3.8, 4) is 17.1 Å². The summed E-state index contributed by atoms with van der Waals surface area (Å²) in [5.74, 6) is 3.33. The zero-order valence-electron chi connectivity index (χ0n) is 19.1. The van der Waals surface area contributed by atoms with Crippen LogP contribution in [-0.4, -0.2) is 16.6 Å². The zero-order valence-corrected chi connectivity index (χ0v) is 19.1. The van der Waals surface area contributed by atoms with Crippen LogP contribution in [0, 0.1) is 5.92 Å². The van der Waals surface area contributed by atoms with Crippen molar-refractivity contribution >= 4 is 0 Å². The van der Waals surface area contributed by atoms with E-state index < -0.39 is 0 Å². The average Bonchev–Trinajstić information content (AvgIpc) is 2.81. The summed E-state index contributed by atoms with van der Waals surface area (Å²) < 4.78 is 5.87. The van der Waals surface area contributed by atoms with E-state index in [0.717, 1.165) is 36.1 Å². The van der Waals surface area contributed by atoms with Crippen LogP contribution < -0.4 is 4.74 Å². The van der Waals surface area contributed by atoms with Crippen molar-refractivity contribution in [1.29, 1.82) is 0 Å². The quantitative estimate of drug-likeness (QED) is 0.334. The summed E-state index contributed by atoms with van der Waals surface area (Å²) >= 11 is 0. The Bertz CT molecular complexity index is 703. The van der Waals surface area contributed by atoms with E-state index in [1.807, 2.05) is 12.1 Å². The molecule has 3 rings (SSSR count). The first kappa shape index (κ1) is 22.8. The maximum atomic E-state index is 5.87. The molecule has 1 aromatic heterocycles. The Labute approximate surface area is 183 Å². The van der Waals surface area contributed by atoms with Gasteiger partial charge in [-0.25, -0.2) is 9.97 Å². The minimum absolute atomic E-state index is 0.644. The molecule has 0 unspecified atom stereocenters. The molecule has 0 amide bonds. The Hall–Kier alpha value is -1.90. The van der Waals surface area contributed by atoms with Gasteiger partial charge in [0, 0.05) is 18.0 Å². The van der Waals surface area contributed by atoms with Crippen LogP contribution >= 0.6 is 0 Å². The van der Waals surface area contributed by atoms with Crippen molar-refractivity contribution < 1.29 is 4.74 Å². The topological polar surface area (TPSA) is 35.0 Å². The number of aromatic nitrogens is 2. The third-order valence-corrected chi connectivity index (χ3v) is 6.59. The van der Waals surface area contributed by atoms with Crippen LogP contribution in [0.15, 0.2) is 36.7 Å². The van der Waals surface area contributed by atoms with Crippen molar-refractivity contribution in [3.63, 3.8) is 0 Å². The Morgan fingerprint density at radius 1 is 0.800 bits per heavy atom. The van der Waals surface area contributed by atoms with E-state index in [1.165, 1.54) is 76.2 Å². The molecule has 0 aliphatic heterocycles. The van der Waals surface area contributed by atoms with Gasteiger partial charge in [0.1, 0.15) is 5.75 Å². The maximum absolute atomic E-state index is 5.87. The fourth-order valence-corrected chi connectivity index (χ4v) is 4.57. The van der Waals surface area contributed by atoms with Gasteiger partial charge in [-0.3, -0.25) is 0 Å². The number of hydrogen-bond acceptors (Lipinski definition) is 3. The predicted molar refractivity (Wildman–Crippen MR) is 126 cm³/mol. The molecule has 0 N–H and O–H groups in total. The minimum atomic E-state index is 0.644. The fraction of sp³-hybridized carbons (Fsp3) is 0.630. The molecule has 1 fully saturated rings. The molecule has 0 saturated heterocycles. The molecule has 1 aromatic carbocycles. The molecular weight excluding hydrogens is 368 g/mol. The van der Waals surface area contributed by atoms with E-state index in [9.17, 15) is 0 Å². The molecule has 1 aliphatic rings. The van der Waals surface area contributed by atoms with Crippen LogP contribution in [0.1, 0.15) is 102 Å². The molecule has 3 nitrogen and oxygen atoms in total. The molecule has 0 spiro atoms. The lowest BCUT2D eigenvalue weighted by atomic mass is 9.78. The van der Waals surface area contributed by atoms with Crippen LogP contribution in [0.25, 0.3) is 11.4 Å². The summed E-state index contributed by atoms with van der Waals surface area (Å²) in [6.45, 7) is 5.34. The molecule has 30 heavy (non-hydrogen) atoms. The predicted octanol–water partition coefficient (Wildman–Crippen LogP) is 7.96. The van der Waals surface area contributed by atoms with E-state index in [0.29, 0.717) is 5.92 Å². The molecular formula is C27H40N2O. The minimum Gasteiger partial charge on any atom is -0.494 e. The highest BCUT2D eigenvalue weighted by molar-refractivity contribution is 5.56. The first-order valence-electron chi connectivity index (χ1n) is 12.3. The lowest BCUT2D eigenvalue weighted by Gasteiger charge is -2.28. The van der Waals surface area contributed by atoms with Gasteiger partial charge in [0.25, 0.3) is 0 Å². The van der Waals surface area contributed by atoms with E-state index in [-0.39, 0.29) is 0 Å². The molecule has 0 bridgehead atoms. The molecule has 2 aromatic rings. The van der Waals surface area contributed by atoms with Crippen LogP contribution in [0.4, 0.5) is 0 Å². The fourth-order valence-electron chi connectivity index (χ4n) is 4.57. The lowest BCUT2D eigenvalue weighted by molar-refractivity contribution is 0.304. The van der Waals surface area contributed by atoms with Gasteiger partial charge >= 0.3 is 0 Å². The van der Waals surface area contributed by atoms with Gasteiger partial charge in [0.15, 0.2) is 5.82 Å². The Morgan fingerprint density at radius 2 is 1.47 bits per heavy atom. The third kappa shape index (κ3) is 7.11. The first-order valence-corrected chi connectivity index (χ1v) is 12.3. The molecule has 0 atom stereocenters. The standard InChI is InChI=1S/C27H40N2O/c1-3-5-7-8-9-19-30-26-17-15-24(16-18-26)27-28-20-25(21-29-27)23-13-11-22(12-14-23)10-6-4-2/h15-18,20-23H,3-14,19H2,1-2H3. The SMILES string of the molecule is CCCCCCCOc1ccc(-c2ncc(C3CCC(CCCC)CC3)cn2)cc1. The second-order valence-electron chi connectivity index (χ2n) is 8.99. The normalized spacial score (nSPS) is 19.0. The van der Waals surface area contributed by atoms with Crippen LogP contribution in [0.5, 0.6) is 5.75 Å². The van der Waals surface area contributed by atoms with Crippen molar-refractivity contribution in [3.05, 3.63) is 42.2 Å². The van der Waals surface area contributed by atoms with Crippen molar-refractivity contribution in [2.75, 3.05) is 6.61 Å². The van der Waals surface area contributed by atoms with E-state index in [2.05, 4.69) is 48.3 Å². The summed E-state index contributed by atoms with van der Waals surface area (Å²) in [7, 11) is 0. The van der Waals surface area contributed by atoms with E-state index in [4.69, 9.17) is 4.74 Å². The Kier molecular flexibility index (Phi) is 9.66.